The van der Waals surface area contributed by atoms with Crippen LogP contribution in [0.4, 0.5) is 0 Å². The zero-order chi connectivity index (χ0) is 16.2. The summed E-state index contributed by atoms with van der Waals surface area (Å²) in [7, 11) is 0. The summed E-state index contributed by atoms with van der Waals surface area (Å²) >= 11 is 3.37. The van der Waals surface area contributed by atoms with E-state index in [2.05, 4.69) is 26.6 Å². The zero-order valence-electron chi connectivity index (χ0n) is 13.5. The first-order chi connectivity index (χ1) is 11.1. The lowest BCUT2D eigenvalue weighted by Crippen LogP contribution is -2.52. The molecule has 0 aliphatic carbocycles. The molecule has 1 aromatic rings. The van der Waals surface area contributed by atoms with Crippen molar-refractivity contribution in [3.8, 4) is 0 Å². The van der Waals surface area contributed by atoms with Gasteiger partial charge in [0.25, 0.3) is 5.91 Å². The van der Waals surface area contributed by atoms with Crippen LogP contribution >= 0.6 is 28.3 Å². The number of rotatable bonds is 3. The van der Waals surface area contributed by atoms with Gasteiger partial charge in [0.05, 0.1) is 0 Å². The van der Waals surface area contributed by atoms with Crippen molar-refractivity contribution in [1.29, 1.82) is 0 Å². The third kappa shape index (κ3) is 4.49. The van der Waals surface area contributed by atoms with Crippen LogP contribution < -0.4 is 10.6 Å². The van der Waals surface area contributed by atoms with Gasteiger partial charge in [-0.15, -0.1) is 12.4 Å². The van der Waals surface area contributed by atoms with Gasteiger partial charge in [0.15, 0.2) is 0 Å². The molecule has 2 amide bonds. The van der Waals surface area contributed by atoms with Crippen molar-refractivity contribution in [3.63, 3.8) is 0 Å². The van der Waals surface area contributed by atoms with Crippen molar-refractivity contribution in [3.05, 3.63) is 34.3 Å². The van der Waals surface area contributed by atoms with Crippen LogP contribution in [0.3, 0.4) is 0 Å². The van der Waals surface area contributed by atoms with Crippen molar-refractivity contribution >= 4 is 40.2 Å². The Balaban J connectivity index is 0.00000208. The van der Waals surface area contributed by atoms with Crippen molar-refractivity contribution < 1.29 is 9.59 Å². The van der Waals surface area contributed by atoms with E-state index in [9.17, 15) is 9.59 Å². The van der Waals surface area contributed by atoms with E-state index in [1.165, 1.54) is 0 Å². The van der Waals surface area contributed by atoms with Gasteiger partial charge in [0.1, 0.15) is 6.04 Å². The van der Waals surface area contributed by atoms with Gasteiger partial charge < -0.3 is 15.5 Å². The van der Waals surface area contributed by atoms with E-state index in [1.54, 1.807) is 17.0 Å². The fourth-order valence-corrected chi connectivity index (χ4v) is 3.58. The highest BCUT2D eigenvalue weighted by Gasteiger charge is 2.35. The molecule has 132 valence electrons. The molecule has 2 atom stereocenters. The molecular formula is C17H23BrClN3O2. The molecule has 1 aromatic carbocycles. The SMILES string of the molecule is Cl.O=C(NC1CCCNC1)C1CCCN1C(=O)c1ccc(Br)cc1. The summed E-state index contributed by atoms with van der Waals surface area (Å²) in [6, 6.07) is 7.14. The molecule has 7 heteroatoms. The predicted octanol–water partition coefficient (Wildman–Crippen LogP) is 2.34. The van der Waals surface area contributed by atoms with Gasteiger partial charge in [0.2, 0.25) is 5.91 Å². The molecule has 0 spiro atoms. The van der Waals surface area contributed by atoms with Crippen molar-refractivity contribution in [2.45, 2.75) is 37.8 Å². The lowest BCUT2D eigenvalue weighted by molar-refractivity contribution is -0.125. The first-order valence-electron chi connectivity index (χ1n) is 8.23. The third-order valence-corrected chi connectivity index (χ3v) is 5.08. The summed E-state index contributed by atoms with van der Waals surface area (Å²) in [6.45, 7) is 2.49. The molecule has 0 radical (unpaired) electrons. The molecule has 0 aromatic heterocycles. The first kappa shape index (κ1) is 19.2. The molecule has 2 fully saturated rings. The van der Waals surface area contributed by atoms with Gasteiger partial charge in [-0.25, -0.2) is 0 Å². The second-order valence-corrected chi connectivity index (χ2v) is 7.13. The van der Waals surface area contributed by atoms with Gasteiger partial charge in [-0.3, -0.25) is 9.59 Å². The molecule has 0 bridgehead atoms. The Morgan fingerprint density at radius 1 is 1.17 bits per heavy atom. The summed E-state index contributed by atoms with van der Waals surface area (Å²) in [6.07, 6.45) is 3.71. The van der Waals surface area contributed by atoms with Gasteiger partial charge in [-0.05, 0) is 56.5 Å². The number of carbonyl (C=O) groups excluding carboxylic acids is 2. The highest BCUT2D eigenvalue weighted by Crippen LogP contribution is 2.21. The van der Waals surface area contributed by atoms with Crippen LogP contribution in [-0.4, -0.2) is 48.4 Å². The normalized spacial score (nSPS) is 23.5. The standard InChI is InChI=1S/C17H22BrN3O2.ClH/c18-13-7-5-12(6-8-13)17(23)21-10-2-4-15(21)16(22)20-14-3-1-9-19-11-14;/h5-8,14-15,19H,1-4,9-11H2,(H,20,22);1H. The topological polar surface area (TPSA) is 61.4 Å². The molecule has 0 saturated carbocycles. The van der Waals surface area contributed by atoms with Crippen LogP contribution in [0.25, 0.3) is 0 Å². The predicted molar refractivity (Wildman–Crippen MR) is 99.5 cm³/mol. The summed E-state index contributed by atoms with van der Waals surface area (Å²) in [4.78, 5) is 27.0. The minimum Gasteiger partial charge on any atom is -0.350 e. The van der Waals surface area contributed by atoms with Crippen LogP contribution in [0, 0.1) is 0 Å². The van der Waals surface area contributed by atoms with Crippen LogP contribution in [-0.2, 0) is 4.79 Å². The van der Waals surface area contributed by atoms with E-state index < -0.39 is 0 Å². The maximum atomic E-state index is 12.7. The Hall–Kier alpha value is -1.11. The average Bonchev–Trinajstić information content (AvgIpc) is 3.05. The molecule has 2 heterocycles. The van der Waals surface area contributed by atoms with Crippen molar-refractivity contribution in [1.82, 2.24) is 15.5 Å². The minimum atomic E-state index is -0.340. The second kappa shape index (κ2) is 8.83. The number of likely N-dealkylation sites (tertiary alicyclic amines) is 1. The van der Waals surface area contributed by atoms with Gasteiger partial charge in [-0.2, -0.15) is 0 Å². The number of benzene rings is 1. The molecule has 2 saturated heterocycles. The number of nitrogens with one attached hydrogen (secondary N) is 2. The molecule has 2 aliphatic heterocycles. The number of piperidine rings is 1. The highest BCUT2D eigenvalue weighted by atomic mass is 79.9. The third-order valence-electron chi connectivity index (χ3n) is 4.55. The van der Waals surface area contributed by atoms with Crippen molar-refractivity contribution in [2.24, 2.45) is 0 Å². The zero-order valence-corrected chi connectivity index (χ0v) is 15.9. The Labute approximate surface area is 157 Å². The Bertz CT molecular complexity index is 576. The molecular weight excluding hydrogens is 394 g/mol. The average molecular weight is 417 g/mol. The van der Waals surface area contributed by atoms with Gasteiger partial charge in [-0.1, -0.05) is 15.9 Å². The molecule has 2 N–H and O–H groups in total. The van der Waals surface area contributed by atoms with E-state index in [-0.39, 0.29) is 36.3 Å². The van der Waals surface area contributed by atoms with E-state index in [0.29, 0.717) is 12.1 Å². The summed E-state index contributed by atoms with van der Waals surface area (Å²) in [5.74, 6) is -0.0708. The van der Waals surface area contributed by atoms with Crippen LogP contribution in [0.2, 0.25) is 0 Å². The number of nitrogens with zero attached hydrogens (tertiary/aromatic N) is 1. The highest BCUT2D eigenvalue weighted by molar-refractivity contribution is 9.10. The molecule has 2 aliphatic rings. The maximum Gasteiger partial charge on any atom is 0.254 e. The fraction of sp³-hybridized carbons (Fsp3) is 0.529. The summed E-state index contributed by atoms with van der Waals surface area (Å²) in [5.41, 5.74) is 0.632. The maximum absolute atomic E-state index is 12.7. The number of hydrogen-bond donors (Lipinski definition) is 2. The molecule has 5 nitrogen and oxygen atoms in total. The second-order valence-electron chi connectivity index (χ2n) is 6.22. The lowest BCUT2D eigenvalue weighted by atomic mass is 10.1. The number of amides is 2. The fourth-order valence-electron chi connectivity index (χ4n) is 3.31. The van der Waals surface area contributed by atoms with Crippen LogP contribution in [0.1, 0.15) is 36.0 Å². The summed E-state index contributed by atoms with van der Waals surface area (Å²) in [5, 5.41) is 6.40. The van der Waals surface area contributed by atoms with E-state index >= 15 is 0 Å². The Morgan fingerprint density at radius 3 is 2.58 bits per heavy atom. The largest absolute Gasteiger partial charge is 0.350 e. The lowest BCUT2D eigenvalue weighted by Gasteiger charge is -2.28. The molecule has 3 rings (SSSR count). The van der Waals surface area contributed by atoms with Crippen LogP contribution in [0.15, 0.2) is 28.7 Å². The van der Waals surface area contributed by atoms with Gasteiger partial charge >= 0.3 is 0 Å². The van der Waals surface area contributed by atoms with Crippen LogP contribution in [0.5, 0.6) is 0 Å². The first-order valence-corrected chi connectivity index (χ1v) is 9.02. The van der Waals surface area contributed by atoms with E-state index in [4.69, 9.17) is 0 Å². The Morgan fingerprint density at radius 2 is 1.92 bits per heavy atom. The molecule has 24 heavy (non-hydrogen) atoms. The summed E-state index contributed by atoms with van der Waals surface area (Å²) < 4.78 is 0.939. The monoisotopic (exact) mass is 415 g/mol. The van der Waals surface area contributed by atoms with Gasteiger partial charge in [0, 0.05) is 29.2 Å². The number of carbonyl (C=O) groups is 2. The van der Waals surface area contributed by atoms with E-state index in [0.717, 1.165) is 43.2 Å². The van der Waals surface area contributed by atoms with Crippen molar-refractivity contribution in [2.75, 3.05) is 19.6 Å². The minimum absolute atomic E-state index is 0. The quantitative estimate of drug-likeness (QED) is 0.795. The Kier molecular flexibility index (Phi) is 7.07. The van der Waals surface area contributed by atoms with E-state index in [1.807, 2.05) is 12.1 Å². The number of hydrogen-bond acceptors (Lipinski definition) is 3. The number of halogens is 2. The molecule has 2 unspecified atom stereocenters. The smallest absolute Gasteiger partial charge is 0.254 e.